The van der Waals surface area contributed by atoms with E-state index in [1.807, 2.05) is 30.3 Å². The molecule has 0 saturated heterocycles. The molecule has 0 unspecified atom stereocenters. The molecule has 0 aliphatic heterocycles. The molecule has 1 aromatic heterocycles. The van der Waals surface area contributed by atoms with Gasteiger partial charge in [-0.25, -0.2) is 0 Å². The zero-order valence-corrected chi connectivity index (χ0v) is 11.0. The molecule has 0 aliphatic carbocycles. The largest absolute Gasteiger partial charge is 0.456 e. The van der Waals surface area contributed by atoms with Crippen LogP contribution in [0.25, 0.3) is 0 Å². The first-order valence-electron chi connectivity index (χ1n) is 6.38. The molecule has 1 aromatic carbocycles. The van der Waals surface area contributed by atoms with Crippen LogP contribution in [0.3, 0.4) is 0 Å². The van der Waals surface area contributed by atoms with E-state index in [1.165, 1.54) is 0 Å². The zero-order chi connectivity index (χ0) is 13.5. The monoisotopic (exact) mass is 258 g/mol. The van der Waals surface area contributed by atoms with Crippen LogP contribution in [0.5, 0.6) is 11.5 Å². The lowest BCUT2D eigenvalue weighted by molar-refractivity contribution is 0.281. The fourth-order valence-corrected chi connectivity index (χ4v) is 1.68. The third-order valence-electron chi connectivity index (χ3n) is 2.61. The van der Waals surface area contributed by atoms with E-state index < -0.39 is 0 Å². The van der Waals surface area contributed by atoms with Crippen molar-refractivity contribution in [3.05, 3.63) is 48.3 Å². The topological polar surface area (TPSA) is 54.4 Å². The van der Waals surface area contributed by atoms with Crippen molar-refractivity contribution in [1.82, 2.24) is 4.98 Å². The number of ether oxygens (including phenoxy) is 1. The van der Waals surface area contributed by atoms with E-state index in [2.05, 4.69) is 17.2 Å². The molecule has 0 amide bonds. The summed E-state index contributed by atoms with van der Waals surface area (Å²) in [5, 5.41) is 12.4. The standard InChI is InChI=1S/C15H18N2O2/c1-2-6-17-13-8-15(10-16-9-13)19-14-5-3-4-12(7-14)11-18/h3-5,7-10,17-18H,2,6,11H2,1H3. The molecule has 2 N–H and O–H groups in total. The summed E-state index contributed by atoms with van der Waals surface area (Å²) in [6, 6.07) is 9.28. The quantitative estimate of drug-likeness (QED) is 0.835. The molecule has 19 heavy (non-hydrogen) atoms. The van der Waals surface area contributed by atoms with Crippen LogP contribution in [0, 0.1) is 0 Å². The summed E-state index contributed by atoms with van der Waals surface area (Å²) in [6.45, 7) is 3.03. The third-order valence-corrected chi connectivity index (χ3v) is 2.61. The Morgan fingerprint density at radius 1 is 1.21 bits per heavy atom. The van der Waals surface area contributed by atoms with Crippen molar-refractivity contribution in [3.63, 3.8) is 0 Å². The van der Waals surface area contributed by atoms with Crippen LogP contribution in [0.4, 0.5) is 5.69 Å². The summed E-state index contributed by atoms with van der Waals surface area (Å²) in [5.41, 5.74) is 1.77. The van der Waals surface area contributed by atoms with E-state index in [0.29, 0.717) is 11.5 Å². The minimum atomic E-state index is 0.00749. The average Bonchev–Trinajstić information content (AvgIpc) is 2.46. The lowest BCUT2D eigenvalue weighted by Gasteiger charge is -2.09. The maximum Gasteiger partial charge on any atom is 0.147 e. The van der Waals surface area contributed by atoms with Crippen molar-refractivity contribution >= 4 is 5.69 Å². The van der Waals surface area contributed by atoms with Crippen LogP contribution >= 0.6 is 0 Å². The number of benzene rings is 1. The number of nitrogens with one attached hydrogen (secondary N) is 1. The van der Waals surface area contributed by atoms with Crippen LogP contribution in [-0.4, -0.2) is 16.6 Å². The molecule has 0 atom stereocenters. The van der Waals surface area contributed by atoms with E-state index in [0.717, 1.165) is 24.2 Å². The molecule has 4 nitrogen and oxygen atoms in total. The second-order valence-electron chi connectivity index (χ2n) is 4.24. The first kappa shape index (κ1) is 13.4. The number of anilines is 1. The number of aliphatic hydroxyl groups excluding tert-OH is 1. The van der Waals surface area contributed by atoms with Crippen molar-refractivity contribution in [1.29, 1.82) is 0 Å². The van der Waals surface area contributed by atoms with Crippen molar-refractivity contribution in [3.8, 4) is 11.5 Å². The summed E-state index contributed by atoms with van der Waals surface area (Å²) in [6.07, 6.45) is 4.50. The summed E-state index contributed by atoms with van der Waals surface area (Å²) in [7, 11) is 0. The van der Waals surface area contributed by atoms with Crippen molar-refractivity contribution in [2.45, 2.75) is 20.0 Å². The normalized spacial score (nSPS) is 10.2. The minimum Gasteiger partial charge on any atom is -0.456 e. The molecule has 0 aliphatic rings. The summed E-state index contributed by atoms with van der Waals surface area (Å²) in [5.74, 6) is 1.37. The zero-order valence-electron chi connectivity index (χ0n) is 11.0. The lowest BCUT2D eigenvalue weighted by Crippen LogP contribution is -2.00. The molecule has 100 valence electrons. The van der Waals surface area contributed by atoms with E-state index in [1.54, 1.807) is 12.4 Å². The van der Waals surface area contributed by atoms with Crippen LogP contribution < -0.4 is 10.1 Å². The molecule has 0 spiro atoms. The second kappa shape index (κ2) is 6.75. The Morgan fingerprint density at radius 3 is 2.89 bits per heavy atom. The minimum absolute atomic E-state index is 0.00749. The number of aliphatic hydroxyl groups is 1. The highest BCUT2D eigenvalue weighted by atomic mass is 16.5. The number of hydrogen-bond acceptors (Lipinski definition) is 4. The van der Waals surface area contributed by atoms with Crippen molar-refractivity contribution in [2.24, 2.45) is 0 Å². The van der Waals surface area contributed by atoms with Gasteiger partial charge in [-0.1, -0.05) is 19.1 Å². The number of nitrogens with zero attached hydrogens (tertiary/aromatic N) is 1. The number of rotatable bonds is 6. The summed E-state index contributed by atoms with van der Waals surface area (Å²) in [4.78, 5) is 4.14. The average molecular weight is 258 g/mol. The van der Waals surface area contributed by atoms with Crippen LogP contribution in [0.2, 0.25) is 0 Å². The molecule has 4 heteroatoms. The molecule has 0 bridgehead atoms. The maximum atomic E-state index is 9.09. The van der Waals surface area contributed by atoms with Crippen LogP contribution in [-0.2, 0) is 6.61 Å². The lowest BCUT2D eigenvalue weighted by atomic mass is 10.2. The molecular formula is C15H18N2O2. The Bertz CT molecular complexity index is 529. The van der Waals surface area contributed by atoms with Gasteiger partial charge >= 0.3 is 0 Å². The van der Waals surface area contributed by atoms with E-state index in [-0.39, 0.29) is 6.61 Å². The first-order chi connectivity index (χ1) is 9.31. The van der Waals surface area contributed by atoms with Gasteiger partial charge in [0.15, 0.2) is 0 Å². The predicted molar refractivity (Wildman–Crippen MR) is 75.5 cm³/mol. The molecular weight excluding hydrogens is 240 g/mol. The van der Waals surface area contributed by atoms with Crippen molar-refractivity contribution < 1.29 is 9.84 Å². The Balaban J connectivity index is 2.09. The highest BCUT2D eigenvalue weighted by Crippen LogP contribution is 2.23. The van der Waals surface area contributed by atoms with Gasteiger partial charge in [-0.05, 0) is 24.1 Å². The van der Waals surface area contributed by atoms with Crippen LogP contribution in [0.1, 0.15) is 18.9 Å². The fraction of sp³-hybridized carbons (Fsp3) is 0.267. The van der Waals surface area contributed by atoms with Gasteiger partial charge in [-0.3, -0.25) is 4.98 Å². The van der Waals surface area contributed by atoms with Gasteiger partial charge in [0.25, 0.3) is 0 Å². The van der Waals surface area contributed by atoms with Gasteiger partial charge in [0.1, 0.15) is 11.5 Å². The Kier molecular flexibility index (Phi) is 4.75. The summed E-state index contributed by atoms with van der Waals surface area (Å²) >= 11 is 0. The SMILES string of the molecule is CCCNc1cncc(Oc2cccc(CO)c2)c1. The molecule has 2 rings (SSSR count). The van der Waals surface area contributed by atoms with Crippen molar-refractivity contribution in [2.75, 3.05) is 11.9 Å². The number of hydrogen-bond donors (Lipinski definition) is 2. The third kappa shape index (κ3) is 3.96. The van der Waals surface area contributed by atoms with E-state index in [4.69, 9.17) is 9.84 Å². The summed E-state index contributed by atoms with van der Waals surface area (Å²) < 4.78 is 5.73. The molecule has 0 radical (unpaired) electrons. The highest BCUT2D eigenvalue weighted by Gasteiger charge is 2.01. The fourth-order valence-electron chi connectivity index (χ4n) is 1.68. The van der Waals surface area contributed by atoms with Gasteiger partial charge in [-0.2, -0.15) is 0 Å². The molecule has 0 fully saturated rings. The van der Waals surface area contributed by atoms with Crippen LogP contribution in [0.15, 0.2) is 42.7 Å². The van der Waals surface area contributed by atoms with Gasteiger partial charge < -0.3 is 15.2 Å². The Hall–Kier alpha value is -2.07. The van der Waals surface area contributed by atoms with Gasteiger partial charge in [-0.15, -0.1) is 0 Å². The Morgan fingerprint density at radius 2 is 2.11 bits per heavy atom. The predicted octanol–water partition coefficient (Wildman–Crippen LogP) is 3.19. The smallest absolute Gasteiger partial charge is 0.147 e. The molecule has 0 saturated carbocycles. The first-order valence-corrected chi connectivity index (χ1v) is 6.38. The number of aromatic nitrogens is 1. The molecule has 1 heterocycles. The van der Waals surface area contributed by atoms with Gasteiger partial charge in [0.05, 0.1) is 24.7 Å². The van der Waals surface area contributed by atoms with E-state index >= 15 is 0 Å². The number of pyridine rings is 1. The highest BCUT2D eigenvalue weighted by molar-refractivity contribution is 5.46. The van der Waals surface area contributed by atoms with Gasteiger partial charge in [0, 0.05) is 12.6 Å². The second-order valence-corrected chi connectivity index (χ2v) is 4.24. The molecule has 2 aromatic rings. The maximum absolute atomic E-state index is 9.09. The van der Waals surface area contributed by atoms with Gasteiger partial charge in [0.2, 0.25) is 0 Å². The Labute approximate surface area is 113 Å². The van der Waals surface area contributed by atoms with E-state index in [9.17, 15) is 0 Å².